The summed E-state index contributed by atoms with van der Waals surface area (Å²) < 4.78 is 2.27. The first-order valence-electron chi connectivity index (χ1n) is 9.64. The number of benzene rings is 1. The highest BCUT2D eigenvalue weighted by Gasteiger charge is 2.31. The van der Waals surface area contributed by atoms with Crippen LogP contribution in [0.3, 0.4) is 0 Å². The van der Waals surface area contributed by atoms with E-state index in [9.17, 15) is 0 Å². The van der Waals surface area contributed by atoms with Gasteiger partial charge >= 0.3 is 0 Å². The molecule has 0 N–H and O–H groups in total. The smallest absolute Gasteiger partial charge is 0.172 e. The predicted molar refractivity (Wildman–Crippen MR) is 113 cm³/mol. The standard InChI is InChI=1S/C21H22N6S/c1-13(2)19-24-25-20-14(3)26(10-11-27(19)20)21-15-7-4-5-8-16(15)22-18(23-21)17-9-6-12-28-17/h4-9,12-14H,10-11H2,1-3H3. The van der Waals surface area contributed by atoms with Gasteiger partial charge in [-0.3, -0.25) is 0 Å². The van der Waals surface area contributed by atoms with Crippen LogP contribution in [0.4, 0.5) is 5.82 Å². The van der Waals surface area contributed by atoms with Crippen LogP contribution < -0.4 is 4.90 Å². The van der Waals surface area contributed by atoms with Gasteiger partial charge in [-0.2, -0.15) is 0 Å². The molecule has 1 aliphatic rings. The van der Waals surface area contributed by atoms with Gasteiger partial charge in [0.05, 0.1) is 16.4 Å². The quantitative estimate of drug-likeness (QED) is 0.509. The molecule has 1 unspecified atom stereocenters. The first-order chi connectivity index (χ1) is 13.6. The summed E-state index contributed by atoms with van der Waals surface area (Å²) in [5, 5.41) is 12.1. The van der Waals surface area contributed by atoms with E-state index < -0.39 is 0 Å². The topological polar surface area (TPSA) is 59.7 Å². The SMILES string of the molecule is CC(C)c1nnc2n1CCN(c1nc(-c3cccs3)nc3ccccc13)C2C. The van der Waals surface area contributed by atoms with Crippen LogP contribution in [0.15, 0.2) is 41.8 Å². The van der Waals surface area contributed by atoms with Crippen molar-refractivity contribution in [3.8, 4) is 10.7 Å². The van der Waals surface area contributed by atoms with Crippen molar-refractivity contribution in [2.75, 3.05) is 11.4 Å². The zero-order chi connectivity index (χ0) is 19.3. The molecule has 6 nitrogen and oxygen atoms in total. The molecule has 142 valence electrons. The van der Waals surface area contributed by atoms with Crippen molar-refractivity contribution in [2.24, 2.45) is 0 Å². The number of para-hydroxylation sites is 1. The van der Waals surface area contributed by atoms with Gasteiger partial charge in [0.2, 0.25) is 0 Å². The van der Waals surface area contributed by atoms with Gasteiger partial charge in [-0.05, 0) is 30.5 Å². The molecule has 0 spiro atoms. The first-order valence-corrected chi connectivity index (χ1v) is 10.5. The van der Waals surface area contributed by atoms with E-state index >= 15 is 0 Å². The van der Waals surface area contributed by atoms with Crippen LogP contribution in [0.5, 0.6) is 0 Å². The lowest BCUT2D eigenvalue weighted by Crippen LogP contribution is -2.38. The molecule has 0 radical (unpaired) electrons. The van der Waals surface area contributed by atoms with Gasteiger partial charge in [0, 0.05) is 24.4 Å². The molecule has 0 saturated carbocycles. The molecule has 5 rings (SSSR count). The van der Waals surface area contributed by atoms with Gasteiger partial charge in [-0.1, -0.05) is 32.0 Å². The molecular weight excluding hydrogens is 368 g/mol. The Hall–Kier alpha value is -2.80. The normalized spacial score (nSPS) is 16.7. The average Bonchev–Trinajstić information content (AvgIpc) is 3.38. The largest absolute Gasteiger partial charge is 0.344 e. The number of hydrogen-bond acceptors (Lipinski definition) is 6. The van der Waals surface area contributed by atoms with Gasteiger partial charge in [-0.25, -0.2) is 9.97 Å². The third-order valence-electron chi connectivity index (χ3n) is 5.33. The van der Waals surface area contributed by atoms with E-state index in [0.717, 1.165) is 52.2 Å². The summed E-state index contributed by atoms with van der Waals surface area (Å²) in [4.78, 5) is 13.2. The predicted octanol–water partition coefficient (Wildman–Crippen LogP) is 4.65. The molecule has 0 aliphatic carbocycles. The fourth-order valence-corrected chi connectivity index (χ4v) is 4.58. The molecule has 3 aromatic heterocycles. The van der Waals surface area contributed by atoms with Crippen molar-refractivity contribution in [2.45, 2.75) is 39.3 Å². The van der Waals surface area contributed by atoms with E-state index in [1.807, 2.05) is 18.2 Å². The third kappa shape index (κ3) is 2.69. The zero-order valence-electron chi connectivity index (χ0n) is 16.2. The monoisotopic (exact) mass is 390 g/mol. The molecule has 4 aromatic rings. The van der Waals surface area contributed by atoms with Crippen LogP contribution in [0.25, 0.3) is 21.6 Å². The van der Waals surface area contributed by atoms with Crippen LogP contribution in [0, 0.1) is 0 Å². The highest BCUT2D eigenvalue weighted by molar-refractivity contribution is 7.13. The minimum atomic E-state index is 0.100. The van der Waals surface area contributed by atoms with Gasteiger partial charge in [0.15, 0.2) is 11.6 Å². The molecule has 4 heterocycles. The second-order valence-electron chi connectivity index (χ2n) is 7.46. The number of nitrogens with zero attached hydrogens (tertiary/aromatic N) is 6. The molecular formula is C21H22N6S. The number of aromatic nitrogens is 5. The van der Waals surface area contributed by atoms with Crippen LogP contribution in [0.2, 0.25) is 0 Å². The summed E-state index contributed by atoms with van der Waals surface area (Å²) in [6.45, 7) is 8.26. The molecule has 0 fully saturated rings. The number of anilines is 1. The molecule has 28 heavy (non-hydrogen) atoms. The van der Waals surface area contributed by atoms with E-state index in [2.05, 4.69) is 64.0 Å². The molecule has 1 aliphatic heterocycles. The molecule has 0 saturated heterocycles. The van der Waals surface area contributed by atoms with Crippen molar-refractivity contribution in [3.63, 3.8) is 0 Å². The fraction of sp³-hybridized carbons (Fsp3) is 0.333. The Morgan fingerprint density at radius 3 is 2.68 bits per heavy atom. The Balaban J connectivity index is 1.64. The van der Waals surface area contributed by atoms with Gasteiger partial charge < -0.3 is 9.47 Å². The van der Waals surface area contributed by atoms with Crippen molar-refractivity contribution < 1.29 is 0 Å². The summed E-state index contributed by atoms with van der Waals surface area (Å²) >= 11 is 1.67. The number of fused-ring (bicyclic) bond motifs is 2. The van der Waals surface area contributed by atoms with Gasteiger partial charge in [0.25, 0.3) is 0 Å². The van der Waals surface area contributed by atoms with Gasteiger partial charge in [0.1, 0.15) is 11.6 Å². The van der Waals surface area contributed by atoms with Crippen LogP contribution in [-0.2, 0) is 6.54 Å². The first kappa shape index (κ1) is 17.3. The summed E-state index contributed by atoms with van der Waals surface area (Å²) in [6.07, 6.45) is 0. The fourth-order valence-electron chi connectivity index (χ4n) is 3.92. The minimum absolute atomic E-state index is 0.100. The third-order valence-corrected chi connectivity index (χ3v) is 6.19. The summed E-state index contributed by atoms with van der Waals surface area (Å²) in [6, 6.07) is 12.5. The summed E-state index contributed by atoms with van der Waals surface area (Å²) in [7, 11) is 0. The van der Waals surface area contributed by atoms with Crippen molar-refractivity contribution in [1.29, 1.82) is 0 Å². The van der Waals surface area contributed by atoms with Crippen molar-refractivity contribution in [1.82, 2.24) is 24.7 Å². The summed E-state index contributed by atoms with van der Waals surface area (Å²) in [5.41, 5.74) is 0.970. The molecule has 0 bridgehead atoms. The Labute approximate surface area is 167 Å². The molecule has 0 amide bonds. The average molecular weight is 391 g/mol. The van der Waals surface area contributed by atoms with Crippen LogP contribution in [0.1, 0.15) is 44.4 Å². The second kappa shape index (κ2) is 6.67. The summed E-state index contributed by atoms with van der Waals surface area (Å²) in [5.74, 6) is 4.20. The van der Waals surface area contributed by atoms with E-state index in [1.165, 1.54) is 0 Å². The van der Waals surface area contributed by atoms with E-state index in [-0.39, 0.29) is 6.04 Å². The van der Waals surface area contributed by atoms with Crippen molar-refractivity contribution in [3.05, 3.63) is 53.4 Å². The van der Waals surface area contributed by atoms with E-state index in [4.69, 9.17) is 9.97 Å². The van der Waals surface area contributed by atoms with Crippen LogP contribution >= 0.6 is 11.3 Å². The second-order valence-corrected chi connectivity index (χ2v) is 8.41. The highest BCUT2D eigenvalue weighted by Crippen LogP contribution is 2.35. The lowest BCUT2D eigenvalue weighted by Gasteiger charge is -2.35. The number of thiophene rings is 1. The highest BCUT2D eigenvalue weighted by atomic mass is 32.1. The molecule has 1 atom stereocenters. The van der Waals surface area contributed by atoms with E-state index in [1.54, 1.807) is 11.3 Å². The molecule has 7 heteroatoms. The maximum Gasteiger partial charge on any atom is 0.172 e. The maximum absolute atomic E-state index is 5.00. The number of hydrogen-bond donors (Lipinski definition) is 0. The lowest BCUT2D eigenvalue weighted by atomic mass is 10.1. The zero-order valence-corrected chi connectivity index (χ0v) is 17.0. The minimum Gasteiger partial charge on any atom is -0.344 e. The molecule has 1 aromatic carbocycles. The Kier molecular flexibility index (Phi) is 4.12. The Morgan fingerprint density at radius 1 is 1.04 bits per heavy atom. The maximum atomic E-state index is 5.00. The lowest BCUT2D eigenvalue weighted by molar-refractivity contribution is 0.478. The Morgan fingerprint density at radius 2 is 1.89 bits per heavy atom. The van der Waals surface area contributed by atoms with E-state index in [0.29, 0.717) is 5.92 Å². The number of rotatable bonds is 3. The van der Waals surface area contributed by atoms with Gasteiger partial charge in [-0.15, -0.1) is 21.5 Å². The van der Waals surface area contributed by atoms with Crippen LogP contribution in [-0.4, -0.2) is 31.3 Å². The Bertz CT molecular complexity index is 1130. The van der Waals surface area contributed by atoms with Crippen molar-refractivity contribution >= 4 is 28.1 Å².